The maximum Gasteiger partial charge on any atom is 0.304 e. The smallest absolute Gasteiger partial charge is 0.258 e. The first kappa shape index (κ1) is 11.6. The van der Waals surface area contributed by atoms with Crippen LogP contribution >= 0.6 is 0 Å². The summed E-state index contributed by atoms with van der Waals surface area (Å²) in [7, 11) is 0. The van der Waals surface area contributed by atoms with Crippen LogP contribution < -0.4 is 0 Å². The Morgan fingerprint density at radius 1 is 1.06 bits per heavy atom. The van der Waals surface area contributed by atoms with Gasteiger partial charge in [0.25, 0.3) is 0 Å². The molecule has 0 spiro atoms. The highest BCUT2D eigenvalue weighted by Crippen LogP contribution is 2.32. The van der Waals surface area contributed by atoms with Crippen LogP contribution in [-0.2, 0) is 0 Å². The maximum absolute atomic E-state index is 11.0. The van der Waals surface area contributed by atoms with Gasteiger partial charge in [-0.2, -0.15) is 10.2 Å². The number of nitro groups is 2. The number of benzene rings is 1. The molecule has 2 rings (SSSR count). The Morgan fingerprint density at radius 3 is 1.89 bits per heavy atom. The Morgan fingerprint density at radius 2 is 1.50 bits per heavy atom. The van der Waals surface area contributed by atoms with Gasteiger partial charge in [0.05, 0.1) is 22.2 Å². The fraction of sp³-hybridized carbons (Fsp3) is 0.111. The van der Waals surface area contributed by atoms with Crippen LogP contribution in [0, 0.1) is 27.2 Å². The lowest BCUT2D eigenvalue weighted by atomic mass is 10.1. The fourth-order valence-corrected chi connectivity index (χ4v) is 1.56. The fourth-order valence-electron chi connectivity index (χ4n) is 1.56. The van der Waals surface area contributed by atoms with Gasteiger partial charge in [-0.15, -0.1) is 4.80 Å². The Balaban J connectivity index is 2.82. The van der Waals surface area contributed by atoms with Gasteiger partial charge >= 0.3 is 11.4 Å². The summed E-state index contributed by atoms with van der Waals surface area (Å²) in [5, 5.41) is 29.3. The highest BCUT2D eigenvalue weighted by molar-refractivity contribution is 5.65. The predicted molar refractivity (Wildman–Crippen MR) is 59.4 cm³/mol. The molecule has 9 nitrogen and oxygen atoms in total. The molecule has 18 heavy (non-hydrogen) atoms. The number of hydrogen-bond acceptors (Lipinski definition) is 6. The van der Waals surface area contributed by atoms with Crippen LogP contribution in [-0.4, -0.2) is 24.8 Å². The molecule has 0 radical (unpaired) electrons. The molecule has 0 bridgehead atoms. The monoisotopic (exact) mass is 249 g/mol. The number of rotatable bonds is 3. The van der Waals surface area contributed by atoms with Gasteiger partial charge in [0.1, 0.15) is 0 Å². The highest BCUT2D eigenvalue weighted by atomic mass is 16.6. The molecule has 0 N–H and O–H groups in total. The van der Waals surface area contributed by atoms with E-state index in [4.69, 9.17) is 0 Å². The van der Waals surface area contributed by atoms with Gasteiger partial charge in [-0.25, -0.2) is 0 Å². The van der Waals surface area contributed by atoms with E-state index in [1.54, 1.807) is 6.92 Å². The minimum Gasteiger partial charge on any atom is -0.258 e. The third kappa shape index (κ3) is 1.88. The molecule has 1 aromatic heterocycles. The summed E-state index contributed by atoms with van der Waals surface area (Å²) in [5.74, 6) is 0. The second-order valence-corrected chi connectivity index (χ2v) is 3.48. The number of aromatic nitrogens is 3. The first-order valence-corrected chi connectivity index (χ1v) is 4.81. The molecule has 0 atom stereocenters. The molecule has 0 aliphatic heterocycles. The van der Waals surface area contributed by atoms with Gasteiger partial charge in [-0.1, -0.05) is 0 Å². The Hall–Kier alpha value is -2.84. The van der Waals surface area contributed by atoms with Crippen LogP contribution in [0.5, 0.6) is 0 Å². The molecule has 92 valence electrons. The molecule has 1 aromatic carbocycles. The molecule has 0 aliphatic rings. The molecule has 9 heteroatoms. The molecule has 0 aliphatic carbocycles. The number of nitrogens with zero attached hydrogens (tertiary/aromatic N) is 5. The van der Waals surface area contributed by atoms with E-state index in [0.29, 0.717) is 5.56 Å². The average Bonchev–Trinajstić information content (AvgIpc) is 2.80. The van der Waals surface area contributed by atoms with Crippen molar-refractivity contribution < 1.29 is 9.85 Å². The minimum atomic E-state index is -0.696. The number of nitro benzene ring substituents is 2. The van der Waals surface area contributed by atoms with Crippen LogP contribution in [0.15, 0.2) is 24.5 Å². The predicted octanol–water partition coefficient (Wildman–Crippen LogP) is 1.39. The van der Waals surface area contributed by atoms with Crippen LogP contribution in [0.2, 0.25) is 0 Å². The summed E-state index contributed by atoms with van der Waals surface area (Å²) in [6.07, 6.45) is 2.57. The summed E-state index contributed by atoms with van der Waals surface area (Å²) < 4.78 is 0. The summed E-state index contributed by atoms with van der Waals surface area (Å²) in [5.41, 5.74) is -0.638. The van der Waals surface area contributed by atoms with E-state index in [-0.39, 0.29) is 5.69 Å². The zero-order chi connectivity index (χ0) is 13.3. The standard InChI is InChI=1S/C9H7N5O4/c1-6-4-7(13(15)16)9(8(5-6)14(17)18)12-10-2-3-11-12/h2-5H,1H3. The van der Waals surface area contributed by atoms with E-state index < -0.39 is 21.2 Å². The lowest BCUT2D eigenvalue weighted by molar-refractivity contribution is -0.393. The van der Waals surface area contributed by atoms with E-state index in [9.17, 15) is 20.2 Å². The minimum absolute atomic E-state index is 0.249. The van der Waals surface area contributed by atoms with E-state index in [0.717, 1.165) is 4.80 Å². The Bertz CT molecular complexity index is 587. The van der Waals surface area contributed by atoms with Gasteiger partial charge < -0.3 is 0 Å². The largest absolute Gasteiger partial charge is 0.304 e. The van der Waals surface area contributed by atoms with Crippen LogP contribution in [0.3, 0.4) is 0 Å². The SMILES string of the molecule is Cc1cc([N+](=O)[O-])c(-n2nccn2)c([N+](=O)[O-])c1. The third-order valence-electron chi connectivity index (χ3n) is 2.23. The number of hydrogen-bond donors (Lipinski definition) is 0. The average molecular weight is 249 g/mol. The zero-order valence-electron chi connectivity index (χ0n) is 9.18. The number of aryl methyl sites for hydroxylation is 1. The van der Waals surface area contributed by atoms with E-state index in [1.165, 1.54) is 24.5 Å². The van der Waals surface area contributed by atoms with Gasteiger partial charge in [-0.3, -0.25) is 20.2 Å². The van der Waals surface area contributed by atoms with Crippen molar-refractivity contribution in [1.82, 2.24) is 15.0 Å². The van der Waals surface area contributed by atoms with Crippen molar-refractivity contribution in [2.45, 2.75) is 6.92 Å². The zero-order valence-corrected chi connectivity index (χ0v) is 9.18. The lowest BCUT2D eigenvalue weighted by Crippen LogP contribution is -2.07. The van der Waals surface area contributed by atoms with Gasteiger partial charge in [-0.05, 0) is 12.5 Å². The first-order valence-electron chi connectivity index (χ1n) is 4.81. The van der Waals surface area contributed by atoms with Crippen molar-refractivity contribution in [2.24, 2.45) is 0 Å². The summed E-state index contributed by atoms with van der Waals surface area (Å²) in [6, 6.07) is 2.48. The normalized spacial score (nSPS) is 10.3. The van der Waals surface area contributed by atoms with Crippen molar-refractivity contribution in [3.05, 3.63) is 50.3 Å². The molecule has 0 amide bonds. The van der Waals surface area contributed by atoms with E-state index in [1.807, 2.05) is 0 Å². The van der Waals surface area contributed by atoms with Crippen molar-refractivity contribution in [2.75, 3.05) is 0 Å². The molecular weight excluding hydrogens is 242 g/mol. The molecular formula is C9H7N5O4. The van der Waals surface area contributed by atoms with Crippen LogP contribution in [0.4, 0.5) is 11.4 Å². The Labute approximate surface area is 100.0 Å². The van der Waals surface area contributed by atoms with Crippen LogP contribution in [0.1, 0.15) is 5.56 Å². The van der Waals surface area contributed by atoms with Gasteiger partial charge in [0.15, 0.2) is 0 Å². The molecule has 0 saturated carbocycles. The topological polar surface area (TPSA) is 117 Å². The summed E-state index contributed by atoms with van der Waals surface area (Å²) in [4.78, 5) is 21.4. The van der Waals surface area contributed by atoms with Crippen molar-refractivity contribution in [1.29, 1.82) is 0 Å². The summed E-state index contributed by atoms with van der Waals surface area (Å²) in [6.45, 7) is 1.54. The molecule has 0 fully saturated rings. The first-order chi connectivity index (χ1) is 8.50. The lowest BCUT2D eigenvalue weighted by Gasteiger charge is -2.04. The molecule has 1 heterocycles. The van der Waals surface area contributed by atoms with Gasteiger partial charge in [0.2, 0.25) is 5.69 Å². The van der Waals surface area contributed by atoms with Crippen molar-refractivity contribution in [3.63, 3.8) is 0 Å². The quantitative estimate of drug-likeness (QED) is 0.599. The second kappa shape index (κ2) is 4.20. The van der Waals surface area contributed by atoms with Crippen molar-refractivity contribution in [3.8, 4) is 5.69 Å². The molecule has 2 aromatic rings. The third-order valence-corrected chi connectivity index (χ3v) is 2.23. The molecule has 0 unspecified atom stereocenters. The van der Waals surface area contributed by atoms with E-state index >= 15 is 0 Å². The molecule has 0 saturated heterocycles. The second-order valence-electron chi connectivity index (χ2n) is 3.48. The van der Waals surface area contributed by atoms with E-state index in [2.05, 4.69) is 10.2 Å². The summed E-state index contributed by atoms with van der Waals surface area (Å²) >= 11 is 0. The Kier molecular flexibility index (Phi) is 2.72. The van der Waals surface area contributed by atoms with Crippen molar-refractivity contribution >= 4 is 11.4 Å². The highest BCUT2D eigenvalue weighted by Gasteiger charge is 2.28. The van der Waals surface area contributed by atoms with Gasteiger partial charge in [0, 0.05) is 12.1 Å². The van der Waals surface area contributed by atoms with Crippen LogP contribution in [0.25, 0.3) is 5.69 Å². The maximum atomic E-state index is 11.0.